The molecule has 1 atom stereocenters. The third-order valence-corrected chi connectivity index (χ3v) is 3.60. The molecule has 0 aliphatic rings. The maximum absolute atomic E-state index is 13.5. The molecular weight excluding hydrogens is 279 g/mol. The Morgan fingerprint density at radius 3 is 2.70 bits per heavy atom. The molecule has 1 heterocycles. The molecule has 4 heteroatoms. The maximum Gasteiger partial charge on any atom is 0.142 e. The Morgan fingerprint density at radius 1 is 1.20 bits per heavy atom. The number of rotatable bonds is 2. The Kier molecular flexibility index (Phi) is 3.24. The van der Waals surface area contributed by atoms with E-state index in [0.717, 1.165) is 16.5 Å². The van der Waals surface area contributed by atoms with E-state index in [1.54, 1.807) is 12.1 Å². The number of benzene rings is 2. The Balaban J connectivity index is 2.05. The molecule has 0 aliphatic heterocycles. The van der Waals surface area contributed by atoms with Gasteiger partial charge in [0.2, 0.25) is 0 Å². The van der Waals surface area contributed by atoms with E-state index in [9.17, 15) is 9.50 Å². The van der Waals surface area contributed by atoms with Crippen LogP contribution in [0.5, 0.6) is 0 Å². The molecular formula is C16H12ClFO2. The first-order chi connectivity index (χ1) is 9.56. The maximum atomic E-state index is 13.5. The fourth-order valence-electron chi connectivity index (χ4n) is 2.21. The summed E-state index contributed by atoms with van der Waals surface area (Å²) >= 11 is 5.64. The summed E-state index contributed by atoms with van der Waals surface area (Å²) in [6.07, 6.45) is -1.02. The van der Waals surface area contributed by atoms with Crippen molar-refractivity contribution in [2.75, 3.05) is 0 Å². The standard InChI is InChI=1S/C16H12ClFO2/c1-9-3-2-4-11-8-14(20-16(9)11)15(19)10-5-6-12(17)13(18)7-10/h2-8,15,19H,1H3. The molecule has 0 saturated heterocycles. The summed E-state index contributed by atoms with van der Waals surface area (Å²) in [5.41, 5.74) is 2.13. The molecule has 3 rings (SSSR count). The van der Waals surface area contributed by atoms with E-state index >= 15 is 0 Å². The van der Waals surface area contributed by atoms with E-state index in [-0.39, 0.29) is 5.02 Å². The molecule has 0 fully saturated rings. The zero-order chi connectivity index (χ0) is 14.3. The van der Waals surface area contributed by atoms with Crippen LogP contribution in [0.4, 0.5) is 4.39 Å². The Morgan fingerprint density at radius 2 is 2.00 bits per heavy atom. The lowest BCUT2D eigenvalue weighted by molar-refractivity contribution is 0.192. The number of hydrogen-bond acceptors (Lipinski definition) is 2. The van der Waals surface area contributed by atoms with Crippen molar-refractivity contribution >= 4 is 22.6 Å². The van der Waals surface area contributed by atoms with Crippen LogP contribution in [-0.4, -0.2) is 5.11 Å². The van der Waals surface area contributed by atoms with Gasteiger partial charge in [-0.15, -0.1) is 0 Å². The second-order valence-electron chi connectivity index (χ2n) is 4.72. The van der Waals surface area contributed by atoms with Crippen molar-refractivity contribution < 1.29 is 13.9 Å². The predicted molar refractivity (Wildman–Crippen MR) is 76.4 cm³/mol. The van der Waals surface area contributed by atoms with E-state index in [0.29, 0.717) is 11.3 Å². The van der Waals surface area contributed by atoms with Gasteiger partial charge in [-0.3, -0.25) is 0 Å². The molecule has 2 nitrogen and oxygen atoms in total. The van der Waals surface area contributed by atoms with Crippen LogP contribution in [0.25, 0.3) is 11.0 Å². The normalized spacial score (nSPS) is 12.8. The molecule has 0 bridgehead atoms. The third kappa shape index (κ3) is 2.19. The molecule has 102 valence electrons. The van der Waals surface area contributed by atoms with Crippen molar-refractivity contribution in [1.29, 1.82) is 0 Å². The van der Waals surface area contributed by atoms with Crippen molar-refractivity contribution in [2.24, 2.45) is 0 Å². The Labute approximate surface area is 120 Å². The summed E-state index contributed by atoms with van der Waals surface area (Å²) < 4.78 is 19.1. The molecule has 3 aromatic rings. The fraction of sp³-hybridized carbons (Fsp3) is 0.125. The number of halogens is 2. The van der Waals surface area contributed by atoms with Crippen molar-refractivity contribution in [3.8, 4) is 0 Å². The molecule has 0 saturated carbocycles. The van der Waals surface area contributed by atoms with Crippen LogP contribution in [0.1, 0.15) is 23.0 Å². The quantitative estimate of drug-likeness (QED) is 0.747. The van der Waals surface area contributed by atoms with Crippen LogP contribution < -0.4 is 0 Å². The number of aryl methyl sites for hydroxylation is 1. The summed E-state index contributed by atoms with van der Waals surface area (Å²) in [4.78, 5) is 0. The summed E-state index contributed by atoms with van der Waals surface area (Å²) in [7, 11) is 0. The molecule has 2 aromatic carbocycles. The largest absolute Gasteiger partial charge is 0.458 e. The highest BCUT2D eigenvalue weighted by molar-refractivity contribution is 6.30. The number of hydrogen-bond donors (Lipinski definition) is 1. The number of aliphatic hydroxyl groups is 1. The Bertz CT molecular complexity index is 779. The molecule has 0 amide bonds. The van der Waals surface area contributed by atoms with Crippen LogP contribution in [0.3, 0.4) is 0 Å². The van der Waals surface area contributed by atoms with Crippen LogP contribution in [0.2, 0.25) is 5.02 Å². The smallest absolute Gasteiger partial charge is 0.142 e. The predicted octanol–water partition coefficient (Wildman–Crippen LogP) is 4.62. The van der Waals surface area contributed by atoms with Crippen molar-refractivity contribution in [3.63, 3.8) is 0 Å². The van der Waals surface area contributed by atoms with Gasteiger partial charge >= 0.3 is 0 Å². The van der Waals surface area contributed by atoms with Gasteiger partial charge in [0.25, 0.3) is 0 Å². The SMILES string of the molecule is Cc1cccc2cc(C(O)c3ccc(Cl)c(F)c3)oc12. The molecule has 0 aliphatic carbocycles. The minimum atomic E-state index is -1.02. The molecule has 20 heavy (non-hydrogen) atoms. The van der Waals surface area contributed by atoms with Crippen molar-refractivity contribution in [1.82, 2.24) is 0 Å². The van der Waals surface area contributed by atoms with Gasteiger partial charge in [-0.1, -0.05) is 35.9 Å². The first-order valence-electron chi connectivity index (χ1n) is 6.18. The number of para-hydroxylation sites is 1. The zero-order valence-electron chi connectivity index (χ0n) is 10.7. The lowest BCUT2D eigenvalue weighted by Gasteiger charge is -2.08. The van der Waals surface area contributed by atoms with Crippen molar-refractivity contribution in [3.05, 3.63) is 70.2 Å². The number of aliphatic hydroxyl groups excluding tert-OH is 1. The summed E-state index contributed by atoms with van der Waals surface area (Å²) in [5, 5.41) is 11.2. The van der Waals surface area contributed by atoms with Crippen LogP contribution in [0.15, 0.2) is 46.9 Å². The van der Waals surface area contributed by atoms with E-state index in [1.807, 2.05) is 25.1 Å². The highest BCUT2D eigenvalue weighted by Gasteiger charge is 2.17. The van der Waals surface area contributed by atoms with Gasteiger partial charge in [0, 0.05) is 5.39 Å². The lowest BCUT2D eigenvalue weighted by Crippen LogP contribution is -1.98. The summed E-state index contributed by atoms with van der Waals surface area (Å²) in [6, 6.07) is 11.7. The first-order valence-corrected chi connectivity index (χ1v) is 6.56. The second-order valence-corrected chi connectivity index (χ2v) is 5.13. The van der Waals surface area contributed by atoms with Gasteiger partial charge in [0.1, 0.15) is 23.3 Å². The van der Waals surface area contributed by atoms with Gasteiger partial charge < -0.3 is 9.52 Å². The van der Waals surface area contributed by atoms with E-state index in [2.05, 4.69) is 0 Å². The minimum Gasteiger partial charge on any atom is -0.458 e. The average Bonchev–Trinajstić information content (AvgIpc) is 2.86. The molecule has 0 spiro atoms. The monoisotopic (exact) mass is 290 g/mol. The van der Waals surface area contributed by atoms with Gasteiger partial charge in [-0.05, 0) is 36.2 Å². The van der Waals surface area contributed by atoms with Crippen LogP contribution >= 0.6 is 11.6 Å². The van der Waals surface area contributed by atoms with Gasteiger partial charge in [-0.25, -0.2) is 4.39 Å². The van der Waals surface area contributed by atoms with E-state index in [1.165, 1.54) is 12.1 Å². The molecule has 1 unspecified atom stereocenters. The van der Waals surface area contributed by atoms with Gasteiger partial charge in [0.05, 0.1) is 5.02 Å². The summed E-state index contributed by atoms with van der Waals surface area (Å²) in [5.74, 6) is -0.175. The first kappa shape index (κ1) is 13.2. The fourth-order valence-corrected chi connectivity index (χ4v) is 2.33. The highest BCUT2D eigenvalue weighted by atomic mass is 35.5. The lowest BCUT2D eigenvalue weighted by atomic mass is 10.1. The van der Waals surface area contributed by atoms with Crippen LogP contribution in [-0.2, 0) is 0 Å². The number of fused-ring (bicyclic) bond motifs is 1. The topological polar surface area (TPSA) is 33.4 Å². The van der Waals surface area contributed by atoms with Crippen molar-refractivity contribution in [2.45, 2.75) is 13.0 Å². The van der Waals surface area contributed by atoms with Gasteiger partial charge in [0.15, 0.2) is 0 Å². The Hall–Kier alpha value is -1.84. The van der Waals surface area contributed by atoms with E-state index < -0.39 is 11.9 Å². The highest BCUT2D eigenvalue weighted by Crippen LogP contribution is 2.30. The van der Waals surface area contributed by atoms with Crippen LogP contribution in [0, 0.1) is 12.7 Å². The van der Waals surface area contributed by atoms with E-state index in [4.69, 9.17) is 16.0 Å². The zero-order valence-corrected chi connectivity index (χ0v) is 11.5. The summed E-state index contributed by atoms with van der Waals surface area (Å²) in [6.45, 7) is 1.93. The molecule has 1 N–H and O–H groups in total. The minimum absolute atomic E-state index is 0.0291. The molecule has 1 aromatic heterocycles. The molecule has 0 radical (unpaired) electrons. The number of furan rings is 1. The second kappa shape index (κ2) is 4.93. The van der Waals surface area contributed by atoms with Gasteiger partial charge in [-0.2, -0.15) is 0 Å². The average molecular weight is 291 g/mol. The third-order valence-electron chi connectivity index (χ3n) is 3.29.